The van der Waals surface area contributed by atoms with Gasteiger partial charge in [-0.25, -0.2) is 0 Å². The molecular weight excluding hydrogens is 216 g/mol. The molecule has 2 nitrogen and oxygen atoms in total. The Labute approximate surface area is 89.6 Å². The molecule has 0 fully saturated rings. The van der Waals surface area contributed by atoms with Crippen molar-refractivity contribution in [2.24, 2.45) is 0 Å². The summed E-state index contributed by atoms with van der Waals surface area (Å²) in [5.74, 6) is 0. The standard InChI is InChI=1S/C10H8O2S2/c1-13-9-8-6(5-11)3-2-4-7(8)14-10(9)12/h2-5,12H,1H3. The molecule has 0 amide bonds. The van der Waals surface area contributed by atoms with Gasteiger partial charge in [0.25, 0.3) is 0 Å². The third-order valence-corrected chi connectivity index (χ3v) is 3.91. The number of thioether (sulfide) groups is 1. The van der Waals surface area contributed by atoms with Crippen LogP contribution in [0, 0.1) is 0 Å². The second-order valence-corrected chi connectivity index (χ2v) is 4.63. The number of hydrogen-bond donors (Lipinski definition) is 1. The van der Waals surface area contributed by atoms with Gasteiger partial charge in [-0.1, -0.05) is 23.5 Å². The van der Waals surface area contributed by atoms with E-state index >= 15 is 0 Å². The molecule has 1 aromatic carbocycles. The summed E-state index contributed by atoms with van der Waals surface area (Å²) in [4.78, 5) is 11.6. The van der Waals surface area contributed by atoms with E-state index in [1.807, 2.05) is 18.4 Å². The summed E-state index contributed by atoms with van der Waals surface area (Å²) in [6.45, 7) is 0. The lowest BCUT2D eigenvalue weighted by molar-refractivity contribution is 0.112. The predicted molar refractivity (Wildman–Crippen MR) is 60.7 cm³/mol. The average molecular weight is 224 g/mol. The fraction of sp³-hybridized carbons (Fsp3) is 0.100. The van der Waals surface area contributed by atoms with Crippen molar-refractivity contribution >= 4 is 39.5 Å². The Bertz CT molecular complexity index is 488. The quantitative estimate of drug-likeness (QED) is 0.629. The van der Waals surface area contributed by atoms with Gasteiger partial charge in [0.15, 0.2) is 11.3 Å². The van der Waals surface area contributed by atoms with E-state index < -0.39 is 0 Å². The third-order valence-electron chi connectivity index (χ3n) is 2.02. The number of hydrogen-bond acceptors (Lipinski definition) is 4. The number of carbonyl (C=O) groups is 1. The maximum Gasteiger partial charge on any atom is 0.186 e. The van der Waals surface area contributed by atoms with Crippen LogP contribution in [0.4, 0.5) is 0 Å². The van der Waals surface area contributed by atoms with E-state index in [0.717, 1.165) is 21.3 Å². The molecule has 0 radical (unpaired) electrons. The molecule has 2 rings (SSSR count). The minimum absolute atomic E-state index is 0.293. The largest absolute Gasteiger partial charge is 0.499 e. The van der Waals surface area contributed by atoms with Gasteiger partial charge in [-0.05, 0) is 12.3 Å². The van der Waals surface area contributed by atoms with Gasteiger partial charge in [-0.2, -0.15) is 0 Å². The minimum Gasteiger partial charge on any atom is -0.499 e. The maximum absolute atomic E-state index is 10.8. The summed E-state index contributed by atoms with van der Waals surface area (Å²) < 4.78 is 0.955. The number of carbonyl (C=O) groups excluding carboxylic acids is 1. The Morgan fingerprint density at radius 3 is 2.93 bits per heavy atom. The number of aldehydes is 1. The van der Waals surface area contributed by atoms with Gasteiger partial charge in [0.05, 0.1) is 4.90 Å². The highest BCUT2D eigenvalue weighted by Gasteiger charge is 2.13. The molecule has 0 saturated heterocycles. The Morgan fingerprint density at radius 1 is 1.50 bits per heavy atom. The van der Waals surface area contributed by atoms with Crippen LogP contribution in [0.15, 0.2) is 23.1 Å². The van der Waals surface area contributed by atoms with Gasteiger partial charge in [0.2, 0.25) is 0 Å². The minimum atomic E-state index is 0.293. The molecule has 1 aromatic heterocycles. The Kier molecular flexibility index (Phi) is 2.48. The van der Waals surface area contributed by atoms with Crippen molar-refractivity contribution in [1.29, 1.82) is 0 Å². The van der Waals surface area contributed by atoms with Gasteiger partial charge in [-0.15, -0.1) is 11.8 Å². The van der Waals surface area contributed by atoms with Crippen LogP contribution >= 0.6 is 23.1 Å². The Balaban J connectivity index is 2.89. The molecule has 0 unspecified atom stereocenters. The number of rotatable bonds is 2. The fourth-order valence-corrected chi connectivity index (χ4v) is 3.34. The van der Waals surface area contributed by atoms with E-state index in [1.165, 1.54) is 23.1 Å². The first kappa shape index (κ1) is 9.55. The lowest BCUT2D eigenvalue weighted by atomic mass is 10.1. The molecule has 0 aliphatic rings. The van der Waals surface area contributed by atoms with Crippen molar-refractivity contribution in [2.75, 3.05) is 6.26 Å². The summed E-state index contributed by atoms with van der Waals surface area (Å²) in [7, 11) is 0. The zero-order chi connectivity index (χ0) is 10.1. The van der Waals surface area contributed by atoms with Crippen LogP contribution in [-0.2, 0) is 0 Å². The number of fused-ring (bicyclic) bond motifs is 1. The van der Waals surface area contributed by atoms with Crippen molar-refractivity contribution in [3.63, 3.8) is 0 Å². The van der Waals surface area contributed by atoms with E-state index in [0.29, 0.717) is 10.6 Å². The molecule has 0 aliphatic carbocycles. The highest BCUT2D eigenvalue weighted by Crippen LogP contribution is 2.43. The summed E-state index contributed by atoms with van der Waals surface area (Å²) in [6.07, 6.45) is 2.72. The molecule has 1 N–H and O–H groups in total. The van der Waals surface area contributed by atoms with Crippen molar-refractivity contribution in [2.45, 2.75) is 4.90 Å². The van der Waals surface area contributed by atoms with E-state index in [1.54, 1.807) is 6.07 Å². The van der Waals surface area contributed by atoms with Gasteiger partial charge in [0, 0.05) is 15.6 Å². The second kappa shape index (κ2) is 3.63. The molecule has 0 aliphatic heterocycles. The molecule has 2 aromatic rings. The molecule has 0 bridgehead atoms. The number of aromatic hydroxyl groups is 1. The van der Waals surface area contributed by atoms with Gasteiger partial charge < -0.3 is 5.11 Å². The molecule has 1 heterocycles. The SMILES string of the molecule is CSc1c(O)sc2cccc(C=O)c12. The summed E-state index contributed by atoms with van der Waals surface area (Å²) in [6, 6.07) is 5.50. The summed E-state index contributed by atoms with van der Waals surface area (Å²) in [5.41, 5.74) is 0.642. The van der Waals surface area contributed by atoms with Crippen LogP contribution in [0.2, 0.25) is 0 Å². The summed E-state index contributed by atoms with van der Waals surface area (Å²) >= 11 is 2.77. The van der Waals surface area contributed by atoms with Crippen LogP contribution in [0.5, 0.6) is 5.06 Å². The zero-order valence-electron chi connectivity index (χ0n) is 7.48. The summed E-state index contributed by atoms with van der Waals surface area (Å²) in [5, 5.41) is 10.8. The van der Waals surface area contributed by atoms with E-state index in [4.69, 9.17) is 0 Å². The van der Waals surface area contributed by atoms with E-state index in [9.17, 15) is 9.90 Å². The van der Waals surface area contributed by atoms with Crippen molar-refractivity contribution in [1.82, 2.24) is 0 Å². The monoisotopic (exact) mass is 224 g/mol. The van der Waals surface area contributed by atoms with Gasteiger partial charge in [0.1, 0.15) is 0 Å². The smallest absolute Gasteiger partial charge is 0.186 e. The molecule has 14 heavy (non-hydrogen) atoms. The highest BCUT2D eigenvalue weighted by atomic mass is 32.2. The first-order valence-corrected chi connectivity index (χ1v) is 6.05. The normalized spacial score (nSPS) is 10.6. The van der Waals surface area contributed by atoms with Crippen LogP contribution in [0.1, 0.15) is 10.4 Å². The highest BCUT2D eigenvalue weighted by molar-refractivity contribution is 7.99. The first-order valence-electron chi connectivity index (χ1n) is 4.01. The van der Waals surface area contributed by atoms with Crippen molar-refractivity contribution in [3.05, 3.63) is 23.8 Å². The van der Waals surface area contributed by atoms with E-state index in [-0.39, 0.29) is 0 Å². The van der Waals surface area contributed by atoms with Gasteiger partial charge in [-0.3, -0.25) is 4.79 Å². The van der Waals surface area contributed by atoms with Crippen LogP contribution < -0.4 is 0 Å². The molecule has 4 heteroatoms. The fourth-order valence-electron chi connectivity index (χ4n) is 1.42. The van der Waals surface area contributed by atoms with Crippen LogP contribution in [0.3, 0.4) is 0 Å². The number of thiophene rings is 1. The average Bonchev–Trinajstić information content (AvgIpc) is 2.52. The lowest BCUT2D eigenvalue weighted by Crippen LogP contribution is -1.80. The Hall–Kier alpha value is -1.00. The van der Waals surface area contributed by atoms with Gasteiger partial charge >= 0.3 is 0 Å². The first-order chi connectivity index (χ1) is 6.77. The van der Waals surface area contributed by atoms with Crippen molar-refractivity contribution in [3.8, 4) is 5.06 Å². The molecule has 0 atom stereocenters. The van der Waals surface area contributed by atoms with Crippen molar-refractivity contribution < 1.29 is 9.90 Å². The topological polar surface area (TPSA) is 37.3 Å². The lowest BCUT2D eigenvalue weighted by Gasteiger charge is -1.97. The zero-order valence-corrected chi connectivity index (χ0v) is 9.11. The predicted octanol–water partition coefficient (Wildman–Crippen LogP) is 3.14. The molecule has 72 valence electrons. The second-order valence-electron chi connectivity index (χ2n) is 2.78. The molecule has 0 spiro atoms. The number of benzene rings is 1. The van der Waals surface area contributed by atoms with Crippen LogP contribution in [-0.4, -0.2) is 17.6 Å². The third kappa shape index (κ3) is 1.31. The molecular formula is C10H8O2S2. The Morgan fingerprint density at radius 2 is 2.29 bits per heavy atom. The van der Waals surface area contributed by atoms with E-state index in [2.05, 4.69) is 0 Å². The maximum atomic E-state index is 10.8. The van der Waals surface area contributed by atoms with Crippen LogP contribution in [0.25, 0.3) is 10.1 Å². The molecule has 0 saturated carbocycles.